The lowest BCUT2D eigenvalue weighted by Crippen LogP contribution is -2.22. The Morgan fingerprint density at radius 3 is 2.90 bits per heavy atom. The van der Waals surface area contributed by atoms with E-state index in [0.717, 1.165) is 30.9 Å². The lowest BCUT2D eigenvalue weighted by molar-refractivity contribution is 0.0308. The van der Waals surface area contributed by atoms with Gasteiger partial charge in [0.1, 0.15) is 5.75 Å². The van der Waals surface area contributed by atoms with Crippen molar-refractivity contribution in [3.05, 3.63) is 29.3 Å². The van der Waals surface area contributed by atoms with E-state index < -0.39 is 0 Å². The highest BCUT2D eigenvalue weighted by Gasteiger charge is 2.17. The van der Waals surface area contributed by atoms with Gasteiger partial charge in [-0.2, -0.15) is 0 Å². The first-order valence-electron chi connectivity index (χ1n) is 7.27. The molecule has 0 spiro atoms. The molecule has 0 radical (unpaired) electrons. The molecular weight excluding hydrogens is 254 g/mol. The lowest BCUT2D eigenvalue weighted by atomic mass is 10.1. The van der Waals surface area contributed by atoms with Gasteiger partial charge in [0, 0.05) is 24.8 Å². The van der Waals surface area contributed by atoms with Crippen molar-refractivity contribution >= 4 is 0 Å². The number of ether oxygens (including phenoxy) is 3. The normalized spacial score (nSPS) is 18.7. The monoisotopic (exact) mass is 279 g/mol. The molecule has 1 saturated heterocycles. The van der Waals surface area contributed by atoms with Crippen molar-refractivity contribution in [3.63, 3.8) is 0 Å². The van der Waals surface area contributed by atoms with Gasteiger partial charge < -0.3 is 19.5 Å². The van der Waals surface area contributed by atoms with Crippen molar-refractivity contribution in [1.29, 1.82) is 0 Å². The van der Waals surface area contributed by atoms with Crippen molar-refractivity contribution in [2.45, 2.75) is 45.6 Å². The van der Waals surface area contributed by atoms with Crippen molar-refractivity contribution < 1.29 is 14.2 Å². The van der Waals surface area contributed by atoms with Crippen LogP contribution in [0.4, 0.5) is 0 Å². The van der Waals surface area contributed by atoms with E-state index in [1.54, 1.807) is 7.11 Å². The largest absolute Gasteiger partial charge is 0.496 e. The minimum Gasteiger partial charge on any atom is -0.496 e. The molecule has 20 heavy (non-hydrogen) atoms. The predicted molar refractivity (Wildman–Crippen MR) is 79.0 cm³/mol. The van der Waals surface area contributed by atoms with Gasteiger partial charge in [0.15, 0.2) is 0 Å². The zero-order chi connectivity index (χ0) is 14.4. The molecule has 1 heterocycles. The topological polar surface area (TPSA) is 39.7 Å². The first kappa shape index (κ1) is 15.3. The molecule has 0 amide bonds. The Bertz CT molecular complexity index is 414. The summed E-state index contributed by atoms with van der Waals surface area (Å²) >= 11 is 0. The van der Waals surface area contributed by atoms with Crippen LogP contribution in [0, 0.1) is 0 Å². The van der Waals surface area contributed by atoms with Crippen LogP contribution >= 0.6 is 0 Å². The van der Waals surface area contributed by atoms with E-state index in [2.05, 4.69) is 31.3 Å². The van der Waals surface area contributed by atoms with Crippen molar-refractivity contribution in [2.75, 3.05) is 20.3 Å². The first-order valence-corrected chi connectivity index (χ1v) is 7.27. The Hall–Kier alpha value is -1.10. The Kier molecular flexibility index (Phi) is 5.83. The van der Waals surface area contributed by atoms with Crippen LogP contribution in [0.1, 0.15) is 31.4 Å². The third kappa shape index (κ3) is 4.47. The summed E-state index contributed by atoms with van der Waals surface area (Å²) in [5.41, 5.74) is 2.35. The molecule has 1 aliphatic heterocycles. The number of rotatable bonds is 7. The fraction of sp³-hybridized carbons (Fsp3) is 0.625. The number of nitrogens with one attached hydrogen (secondary N) is 1. The molecule has 1 unspecified atom stereocenters. The van der Waals surface area contributed by atoms with E-state index >= 15 is 0 Å². The van der Waals surface area contributed by atoms with E-state index in [9.17, 15) is 0 Å². The second-order valence-corrected chi connectivity index (χ2v) is 5.48. The molecule has 1 aromatic carbocycles. The molecule has 0 aromatic heterocycles. The fourth-order valence-electron chi connectivity index (χ4n) is 2.23. The molecule has 1 N–H and O–H groups in total. The molecular formula is C16H25NO3. The summed E-state index contributed by atoms with van der Waals surface area (Å²) in [6.07, 6.45) is 1.20. The maximum absolute atomic E-state index is 5.89. The van der Waals surface area contributed by atoms with Gasteiger partial charge in [-0.15, -0.1) is 0 Å². The minimum absolute atomic E-state index is 0.220. The maximum Gasteiger partial charge on any atom is 0.124 e. The highest BCUT2D eigenvalue weighted by Crippen LogP contribution is 2.22. The fourth-order valence-corrected chi connectivity index (χ4v) is 2.23. The SMILES string of the molecule is COc1ccc(CNC(C)C)cc1COC1CCOC1. The van der Waals surface area contributed by atoms with Gasteiger partial charge in [0.05, 0.1) is 26.4 Å². The van der Waals surface area contributed by atoms with E-state index in [0.29, 0.717) is 19.3 Å². The Labute approximate surface area is 121 Å². The van der Waals surface area contributed by atoms with Crippen LogP contribution < -0.4 is 10.1 Å². The Balaban J connectivity index is 1.97. The zero-order valence-electron chi connectivity index (χ0n) is 12.6. The third-order valence-corrected chi connectivity index (χ3v) is 3.42. The second kappa shape index (κ2) is 7.62. The summed E-state index contributed by atoms with van der Waals surface area (Å²) in [5.74, 6) is 0.886. The average molecular weight is 279 g/mol. The maximum atomic E-state index is 5.89. The molecule has 1 fully saturated rings. The van der Waals surface area contributed by atoms with Gasteiger partial charge in [-0.3, -0.25) is 0 Å². The molecule has 112 valence electrons. The highest BCUT2D eigenvalue weighted by molar-refractivity contribution is 5.37. The molecule has 4 heteroatoms. The van der Waals surface area contributed by atoms with E-state index in [-0.39, 0.29) is 6.10 Å². The summed E-state index contributed by atoms with van der Waals surface area (Å²) in [5, 5.41) is 3.42. The predicted octanol–water partition coefficient (Wildman–Crippen LogP) is 2.50. The number of methoxy groups -OCH3 is 1. The summed E-state index contributed by atoms with van der Waals surface area (Å²) in [6, 6.07) is 6.74. The summed E-state index contributed by atoms with van der Waals surface area (Å²) in [6.45, 7) is 7.24. The number of hydrogen-bond donors (Lipinski definition) is 1. The number of benzene rings is 1. The Morgan fingerprint density at radius 1 is 1.40 bits per heavy atom. The quantitative estimate of drug-likeness (QED) is 0.832. The molecule has 1 atom stereocenters. The van der Waals surface area contributed by atoms with Crippen LogP contribution in [-0.4, -0.2) is 32.5 Å². The van der Waals surface area contributed by atoms with E-state index in [1.165, 1.54) is 5.56 Å². The first-order chi connectivity index (χ1) is 9.69. The Morgan fingerprint density at radius 2 is 2.25 bits per heavy atom. The molecule has 0 aliphatic carbocycles. The van der Waals surface area contributed by atoms with Crippen LogP contribution in [0.2, 0.25) is 0 Å². The smallest absolute Gasteiger partial charge is 0.124 e. The summed E-state index contributed by atoms with van der Waals surface area (Å²) < 4.78 is 16.6. The summed E-state index contributed by atoms with van der Waals surface area (Å²) in [4.78, 5) is 0. The standard InChI is InChI=1S/C16H25NO3/c1-12(2)17-9-13-4-5-16(18-3)14(8-13)10-20-15-6-7-19-11-15/h4-5,8,12,15,17H,6-7,9-11H2,1-3H3. The van der Waals surface area contributed by atoms with Gasteiger partial charge >= 0.3 is 0 Å². The summed E-state index contributed by atoms with van der Waals surface area (Å²) in [7, 11) is 1.70. The third-order valence-electron chi connectivity index (χ3n) is 3.42. The highest BCUT2D eigenvalue weighted by atomic mass is 16.5. The van der Waals surface area contributed by atoms with E-state index in [4.69, 9.17) is 14.2 Å². The van der Waals surface area contributed by atoms with Gasteiger partial charge in [-0.1, -0.05) is 19.9 Å². The van der Waals surface area contributed by atoms with Gasteiger partial charge in [0.2, 0.25) is 0 Å². The van der Waals surface area contributed by atoms with Crippen LogP contribution in [0.5, 0.6) is 5.75 Å². The van der Waals surface area contributed by atoms with Crippen molar-refractivity contribution in [1.82, 2.24) is 5.32 Å². The molecule has 1 aliphatic rings. The van der Waals surface area contributed by atoms with Crippen LogP contribution in [-0.2, 0) is 22.6 Å². The van der Waals surface area contributed by atoms with Gasteiger partial charge in [0.25, 0.3) is 0 Å². The van der Waals surface area contributed by atoms with Crippen LogP contribution in [0.15, 0.2) is 18.2 Å². The molecule has 1 aromatic rings. The average Bonchev–Trinajstić information content (AvgIpc) is 2.96. The molecule has 0 saturated carbocycles. The van der Waals surface area contributed by atoms with Crippen molar-refractivity contribution in [3.8, 4) is 5.75 Å². The molecule has 4 nitrogen and oxygen atoms in total. The molecule has 2 rings (SSSR count). The number of hydrogen-bond acceptors (Lipinski definition) is 4. The second-order valence-electron chi connectivity index (χ2n) is 5.48. The van der Waals surface area contributed by atoms with E-state index in [1.807, 2.05) is 6.07 Å². The van der Waals surface area contributed by atoms with Crippen LogP contribution in [0.3, 0.4) is 0 Å². The van der Waals surface area contributed by atoms with Gasteiger partial charge in [-0.25, -0.2) is 0 Å². The molecule has 0 bridgehead atoms. The lowest BCUT2D eigenvalue weighted by Gasteiger charge is -2.15. The van der Waals surface area contributed by atoms with Crippen LogP contribution in [0.25, 0.3) is 0 Å². The van der Waals surface area contributed by atoms with Crippen molar-refractivity contribution in [2.24, 2.45) is 0 Å². The van der Waals surface area contributed by atoms with Gasteiger partial charge in [-0.05, 0) is 24.1 Å². The minimum atomic E-state index is 0.220. The zero-order valence-corrected chi connectivity index (χ0v) is 12.6.